The molecule has 0 fully saturated rings. The van der Waals surface area contributed by atoms with Crippen LogP contribution in [0.3, 0.4) is 0 Å². The molecule has 20 heavy (non-hydrogen) atoms. The summed E-state index contributed by atoms with van der Waals surface area (Å²) >= 11 is 0. The lowest BCUT2D eigenvalue weighted by Crippen LogP contribution is -2.21. The Morgan fingerprint density at radius 1 is 1.45 bits per heavy atom. The molecule has 0 aromatic heterocycles. The molecule has 1 atom stereocenters. The molecule has 3 N–H and O–H groups in total. The first kappa shape index (κ1) is 16.3. The van der Waals surface area contributed by atoms with Gasteiger partial charge in [-0.15, -0.1) is 0 Å². The summed E-state index contributed by atoms with van der Waals surface area (Å²) in [4.78, 5) is 11.7. The van der Waals surface area contributed by atoms with E-state index in [0.717, 1.165) is 18.6 Å². The topological polar surface area (TPSA) is 64.4 Å². The van der Waals surface area contributed by atoms with Gasteiger partial charge in [0.1, 0.15) is 0 Å². The molecule has 0 saturated heterocycles. The maximum atomic E-state index is 13.4. The monoisotopic (exact) mass is 290 g/mol. The standard InChI is InChI=1S/C13H17F3N2O2/c1-2-8(7-17)5-12(19)18-9-3-4-11(10(14)6-9)20-13(15)16/h3-4,6,8,13H,2,5,7,17H2,1H3,(H,18,19). The van der Waals surface area contributed by atoms with Crippen molar-refractivity contribution in [3.05, 3.63) is 24.0 Å². The second-order valence-electron chi connectivity index (χ2n) is 4.29. The first-order valence-corrected chi connectivity index (χ1v) is 6.20. The number of amides is 1. The molecule has 112 valence electrons. The second kappa shape index (κ2) is 7.74. The molecule has 0 heterocycles. The highest BCUT2D eigenvalue weighted by Gasteiger charge is 2.13. The third-order valence-electron chi connectivity index (χ3n) is 2.82. The van der Waals surface area contributed by atoms with Gasteiger partial charge in [0.15, 0.2) is 11.6 Å². The number of nitrogens with two attached hydrogens (primary N) is 1. The average Bonchev–Trinajstić information content (AvgIpc) is 2.38. The van der Waals surface area contributed by atoms with Gasteiger partial charge >= 0.3 is 6.61 Å². The van der Waals surface area contributed by atoms with Crippen molar-refractivity contribution in [3.8, 4) is 5.75 Å². The predicted octanol–water partition coefficient (Wildman–Crippen LogP) is 2.74. The summed E-state index contributed by atoms with van der Waals surface area (Å²) in [5.41, 5.74) is 5.67. The fraction of sp³-hybridized carbons (Fsp3) is 0.462. The first-order chi connectivity index (χ1) is 9.46. The smallest absolute Gasteiger partial charge is 0.387 e. The lowest BCUT2D eigenvalue weighted by atomic mass is 10.0. The van der Waals surface area contributed by atoms with E-state index in [2.05, 4.69) is 10.1 Å². The normalized spacial score (nSPS) is 12.3. The van der Waals surface area contributed by atoms with Gasteiger partial charge in [-0.2, -0.15) is 8.78 Å². The van der Waals surface area contributed by atoms with Crippen LogP contribution in [-0.4, -0.2) is 19.1 Å². The number of carbonyl (C=O) groups is 1. The van der Waals surface area contributed by atoms with Gasteiger partial charge < -0.3 is 15.8 Å². The molecule has 0 spiro atoms. The summed E-state index contributed by atoms with van der Waals surface area (Å²) < 4.78 is 41.3. The number of ether oxygens (including phenoxy) is 1. The molecule has 0 bridgehead atoms. The molecule has 1 aromatic carbocycles. The van der Waals surface area contributed by atoms with Crippen molar-refractivity contribution in [2.24, 2.45) is 11.7 Å². The molecular weight excluding hydrogens is 273 g/mol. The molecule has 0 radical (unpaired) electrons. The highest BCUT2D eigenvalue weighted by atomic mass is 19.3. The van der Waals surface area contributed by atoms with Crippen LogP contribution in [-0.2, 0) is 4.79 Å². The average molecular weight is 290 g/mol. The van der Waals surface area contributed by atoms with Gasteiger partial charge in [-0.25, -0.2) is 4.39 Å². The number of hydrogen-bond acceptors (Lipinski definition) is 3. The first-order valence-electron chi connectivity index (χ1n) is 6.20. The van der Waals surface area contributed by atoms with E-state index in [1.165, 1.54) is 6.07 Å². The van der Waals surface area contributed by atoms with Crippen molar-refractivity contribution in [2.45, 2.75) is 26.4 Å². The van der Waals surface area contributed by atoms with Crippen molar-refractivity contribution in [1.82, 2.24) is 0 Å². The summed E-state index contributed by atoms with van der Waals surface area (Å²) in [7, 11) is 0. The zero-order valence-electron chi connectivity index (χ0n) is 11.0. The molecule has 7 heteroatoms. The van der Waals surface area contributed by atoms with Crippen molar-refractivity contribution in [1.29, 1.82) is 0 Å². The van der Waals surface area contributed by atoms with E-state index < -0.39 is 18.2 Å². The van der Waals surface area contributed by atoms with Gasteiger partial charge in [0.05, 0.1) is 0 Å². The SMILES string of the molecule is CCC(CN)CC(=O)Nc1ccc(OC(F)F)c(F)c1. The zero-order chi connectivity index (χ0) is 15.1. The molecule has 1 rings (SSSR count). The van der Waals surface area contributed by atoms with Crippen molar-refractivity contribution in [2.75, 3.05) is 11.9 Å². The van der Waals surface area contributed by atoms with Gasteiger partial charge in [0.2, 0.25) is 5.91 Å². The third-order valence-corrected chi connectivity index (χ3v) is 2.82. The minimum Gasteiger partial charge on any atom is -0.432 e. The van der Waals surface area contributed by atoms with Crippen LogP contribution in [0.25, 0.3) is 0 Å². The van der Waals surface area contributed by atoms with Crippen LogP contribution in [0, 0.1) is 11.7 Å². The predicted molar refractivity (Wildman–Crippen MR) is 69.1 cm³/mol. The number of anilines is 1. The van der Waals surface area contributed by atoms with E-state index in [0.29, 0.717) is 6.54 Å². The Morgan fingerprint density at radius 3 is 2.65 bits per heavy atom. The van der Waals surface area contributed by atoms with Crippen LogP contribution in [0.4, 0.5) is 18.9 Å². The lowest BCUT2D eigenvalue weighted by molar-refractivity contribution is -0.117. The largest absolute Gasteiger partial charge is 0.432 e. The van der Waals surface area contributed by atoms with Crippen LogP contribution in [0.15, 0.2) is 18.2 Å². The highest BCUT2D eigenvalue weighted by Crippen LogP contribution is 2.23. The minimum atomic E-state index is -3.10. The molecule has 4 nitrogen and oxygen atoms in total. The summed E-state index contributed by atoms with van der Waals surface area (Å²) in [6, 6.07) is 3.26. The van der Waals surface area contributed by atoms with E-state index in [1.54, 1.807) is 0 Å². The highest BCUT2D eigenvalue weighted by molar-refractivity contribution is 5.90. The van der Waals surface area contributed by atoms with Gasteiger partial charge in [-0.1, -0.05) is 13.3 Å². The number of nitrogens with one attached hydrogen (secondary N) is 1. The summed E-state index contributed by atoms with van der Waals surface area (Å²) in [6.45, 7) is -0.791. The van der Waals surface area contributed by atoms with Crippen LogP contribution < -0.4 is 15.8 Å². The Labute approximate surface area is 115 Å². The van der Waals surface area contributed by atoms with Gasteiger partial charge in [0, 0.05) is 18.2 Å². The Kier molecular flexibility index (Phi) is 6.30. The van der Waals surface area contributed by atoms with Crippen LogP contribution in [0.5, 0.6) is 5.75 Å². The molecule has 0 aliphatic carbocycles. The number of carbonyl (C=O) groups excluding carboxylic acids is 1. The van der Waals surface area contributed by atoms with Gasteiger partial charge in [0.25, 0.3) is 0 Å². The Balaban J connectivity index is 2.64. The maximum Gasteiger partial charge on any atom is 0.387 e. The molecule has 1 unspecified atom stereocenters. The number of alkyl halides is 2. The Morgan fingerprint density at radius 2 is 2.15 bits per heavy atom. The quantitative estimate of drug-likeness (QED) is 0.811. The molecule has 1 amide bonds. The van der Waals surface area contributed by atoms with Crippen molar-refractivity contribution < 1.29 is 22.7 Å². The number of benzene rings is 1. The summed E-state index contributed by atoms with van der Waals surface area (Å²) in [5.74, 6) is -1.77. The van der Waals surface area contributed by atoms with Crippen LogP contribution in [0.2, 0.25) is 0 Å². The van der Waals surface area contributed by atoms with Crippen LogP contribution in [0.1, 0.15) is 19.8 Å². The molecule has 0 saturated carbocycles. The summed E-state index contributed by atoms with van der Waals surface area (Å²) in [5, 5.41) is 2.48. The number of halogens is 3. The van der Waals surface area contributed by atoms with Crippen molar-refractivity contribution in [3.63, 3.8) is 0 Å². The fourth-order valence-electron chi connectivity index (χ4n) is 1.64. The lowest BCUT2D eigenvalue weighted by Gasteiger charge is -2.12. The van der Waals surface area contributed by atoms with Crippen molar-refractivity contribution >= 4 is 11.6 Å². The van der Waals surface area contributed by atoms with E-state index in [-0.39, 0.29) is 23.9 Å². The van der Waals surface area contributed by atoms with Gasteiger partial charge in [-0.3, -0.25) is 4.79 Å². The Hall–Kier alpha value is -1.76. The number of hydrogen-bond donors (Lipinski definition) is 2. The van der Waals surface area contributed by atoms with E-state index in [1.807, 2.05) is 6.92 Å². The molecule has 0 aliphatic rings. The van der Waals surface area contributed by atoms with E-state index in [9.17, 15) is 18.0 Å². The molecule has 1 aromatic rings. The van der Waals surface area contributed by atoms with E-state index >= 15 is 0 Å². The summed E-state index contributed by atoms with van der Waals surface area (Å²) in [6.07, 6.45) is 0.989. The fourth-order valence-corrected chi connectivity index (χ4v) is 1.64. The number of rotatable bonds is 7. The zero-order valence-corrected chi connectivity index (χ0v) is 11.0. The van der Waals surface area contributed by atoms with E-state index in [4.69, 9.17) is 5.73 Å². The molecular formula is C13H17F3N2O2. The Bertz CT molecular complexity index is 451. The van der Waals surface area contributed by atoms with Gasteiger partial charge in [-0.05, 0) is 24.6 Å². The third kappa shape index (κ3) is 5.08. The minimum absolute atomic E-state index is 0.0567. The second-order valence-corrected chi connectivity index (χ2v) is 4.29. The molecule has 0 aliphatic heterocycles. The van der Waals surface area contributed by atoms with Crippen LogP contribution >= 0.6 is 0 Å². The maximum absolute atomic E-state index is 13.4.